The number of rotatable bonds is 20. The van der Waals surface area contributed by atoms with Gasteiger partial charge in [-0.15, -0.1) is 0 Å². The minimum absolute atomic E-state index is 0.0906. The van der Waals surface area contributed by atoms with E-state index in [4.69, 9.17) is 18.1 Å². The summed E-state index contributed by atoms with van der Waals surface area (Å²) in [6.07, 6.45) is 14.0. The molecule has 0 unspecified atom stereocenters. The molecule has 0 aliphatic rings. The van der Waals surface area contributed by atoms with Crippen molar-refractivity contribution in [2.45, 2.75) is 98.8 Å². The van der Waals surface area contributed by atoms with Crippen LogP contribution in [0.5, 0.6) is 0 Å². The highest BCUT2D eigenvalue weighted by Gasteiger charge is 2.45. The van der Waals surface area contributed by atoms with Crippen molar-refractivity contribution in [1.82, 2.24) is 0 Å². The molecule has 1 aromatic rings. The first-order valence-corrected chi connectivity index (χ1v) is 17.1. The molecule has 210 valence electrons. The van der Waals surface area contributed by atoms with Gasteiger partial charge in [0.15, 0.2) is 5.06 Å². The van der Waals surface area contributed by atoms with Gasteiger partial charge < -0.3 is 18.1 Å². The van der Waals surface area contributed by atoms with E-state index >= 15 is 0 Å². The fourth-order valence-electron chi connectivity index (χ4n) is 3.87. The largest absolute Gasteiger partial charge is 0.369 e. The van der Waals surface area contributed by atoms with Crippen LogP contribution >= 0.6 is 15.2 Å². The molecule has 0 fully saturated rings. The van der Waals surface area contributed by atoms with Crippen LogP contribution in [-0.2, 0) is 27.2 Å². The molecule has 0 atom stereocenters. The van der Waals surface area contributed by atoms with Gasteiger partial charge in [0.2, 0.25) is 0 Å². The standard InChI is InChI=1S/C29H48O6P2/c1-6-11-12-13-14-15-16-17-18-19-20-22-27-23-21-24-28(25-27)26-29(36(30,32-7-2)33-8-3)37(31,34-9-4)35-10-5/h21,23-26H,6-19H2,1-5H3. The number of benzene rings is 1. The van der Waals surface area contributed by atoms with Crippen LogP contribution in [0.4, 0.5) is 0 Å². The molecule has 1 aromatic carbocycles. The Morgan fingerprint density at radius 1 is 0.730 bits per heavy atom. The Bertz CT molecular complexity index is 895. The van der Waals surface area contributed by atoms with Crippen molar-refractivity contribution in [1.29, 1.82) is 0 Å². The molecule has 0 aliphatic heterocycles. The lowest BCUT2D eigenvalue weighted by Gasteiger charge is -2.25. The van der Waals surface area contributed by atoms with Crippen LogP contribution in [0.2, 0.25) is 0 Å². The molecule has 0 saturated heterocycles. The average molecular weight is 555 g/mol. The van der Waals surface area contributed by atoms with E-state index in [1.165, 1.54) is 51.4 Å². The topological polar surface area (TPSA) is 71.1 Å². The van der Waals surface area contributed by atoms with E-state index in [0.717, 1.165) is 18.4 Å². The Kier molecular flexibility index (Phi) is 18.1. The number of hydrogen-bond donors (Lipinski definition) is 0. The lowest BCUT2D eigenvalue weighted by atomic mass is 10.1. The second-order valence-electron chi connectivity index (χ2n) is 8.67. The SMILES string of the molecule is CCCCCCCCCCCC#Cc1cccc(C=C(P(=O)(OCC)OCC)P(=O)(OCC)OCC)c1. The van der Waals surface area contributed by atoms with Crippen molar-refractivity contribution >= 4 is 21.3 Å². The van der Waals surface area contributed by atoms with E-state index in [9.17, 15) is 9.13 Å². The van der Waals surface area contributed by atoms with Gasteiger partial charge in [0.25, 0.3) is 0 Å². The van der Waals surface area contributed by atoms with Gasteiger partial charge >= 0.3 is 15.2 Å². The van der Waals surface area contributed by atoms with Crippen molar-refractivity contribution in [3.05, 3.63) is 40.4 Å². The zero-order valence-electron chi connectivity index (χ0n) is 23.6. The van der Waals surface area contributed by atoms with Gasteiger partial charge in [-0.25, -0.2) is 0 Å². The Morgan fingerprint density at radius 3 is 1.70 bits per heavy atom. The van der Waals surface area contributed by atoms with Crippen LogP contribution in [0.15, 0.2) is 29.3 Å². The van der Waals surface area contributed by atoms with Crippen LogP contribution in [0.3, 0.4) is 0 Å². The highest BCUT2D eigenvalue weighted by atomic mass is 31.2. The first-order chi connectivity index (χ1) is 17.9. The van der Waals surface area contributed by atoms with Crippen LogP contribution in [0, 0.1) is 11.8 Å². The van der Waals surface area contributed by atoms with E-state index < -0.39 is 15.2 Å². The van der Waals surface area contributed by atoms with Gasteiger partial charge in [0.1, 0.15) is 0 Å². The summed E-state index contributed by atoms with van der Waals surface area (Å²) in [5.74, 6) is 6.48. The lowest BCUT2D eigenvalue weighted by molar-refractivity contribution is 0.214. The molecular weight excluding hydrogens is 506 g/mol. The fourth-order valence-corrected chi connectivity index (χ4v) is 8.42. The summed E-state index contributed by atoms with van der Waals surface area (Å²) < 4.78 is 49.5. The number of unbranched alkanes of at least 4 members (excludes halogenated alkanes) is 9. The molecule has 0 radical (unpaired) electrons. The van der Waals surface area contributed by atoms with Crippen molar-refractivity contribution in [2.75, 3.05) is 26.4 Å². The maximum atomic E-state index is 13.7. The maximum absolute atomic E-state index is 13.7. The summed E-state index contributed by atoms with van der Waals surface area (Å²) in [4.78, 5) is 0. The van der Waals surface area contributed by atoms with Crippen molar-refractivity contribution < 1.29 is 27.2 Å². The van der Waals surface area contributed by atoms with Gasteiger partial charge in [-0.3, -0.25) is 9.13 Å². The molecule has 0 heterocycles. The Balaban J connectivity index is 2.99. The summed E-state index contributed by atoms with van der Waals surface area (Å²) in [5, 5.41) is -0.0906. The maximum Gasteiger partial charge on any atom is 0.369 e. The highest BCUT2D eigenvalue weighted by molar-refractivity contribution is 7.79. The van der Waals surface area contributed by atoms with Crippen LogP contribution in [0.1, 0.15) is 110 Å². The average Bonchev–Trinajstić information content (AvgIpc) is 2.86. The number of hydrogen-bond acceptors (Lipinski definition) is 6. The molecule has 0 amide bonds. The van der Waals surface area contributed by atoms with Crippen molar-refractivity contribution in [3.8, 4) is 11.8 Å². The van der Waals surface area contributed by atoms with Crippen LogP contribution in [0.25, 0.3) is 6.08 Å². The first-order valence-electron chi connectivity index (χ1n) is 14.0. The molecule has 0 N–H and O–H groups in total. The van der Waals surface area contributed by atoms with Crippen LogP contribution in [-0.4, -0.2) is 26.4 Å². The van der Waals surface area contributed by atoms with E-state index in [1.54, 1.807) is 33.8 Å². The summed E-state index contributed by atoms with van der Waals surface area (Å²) in [6, 6.07) is 7.49. The zero-order valence-corrected chi connectivity index (χ0v) is 25.4. The van der Waals surface area contributed by atoms with Gasteiger partial charge in [-0.05, 0) is 57.9 Å². The van der Waals surface area contributed by atoms with E-state index in [0.29, 0.717) is 5.56 Å². The smallest absolute Gasteiger partial charge is 0.305 e. The Morgan fingerprint density at radius 2 is 1.22 bits per heavy atom. The highest BCUT2D eigenvalue weighted by Crippen LogP contribution is 2.74. The molecule has 37 heavy (non-hydrogen) atoms. The third-order valence-corrected chi connectivity index (χ3v) is 10.8. The van der Waals surface area contributed by atoms with Crippen molar-refractivity contribution in [3.63, 3.8) is 0 Å². The van der Waals surface area contributed by atoms with Crippen molar-refractivity contribution in [2.24, 2.45) is 0 Å². The minimum Gasteiger partial charge on any atom is -0.305 e. The molecular formula is C29H48O6P2. The van der Waals surface area contributed by atoms with Crippen LogP contribution < -0.4 is 0 Å². The first kappa shape index (κ1) is 33.8. The molecule has 0 bridgehead atoms. The zero-order chi connectivity index (χ0) is 27.4. The molecule has 0 aromatic heterocycles. The second-order valence-corrected chi connectivity index (χ2v) is 13.0. The summed E-state index contributed by atoms with van der Waals surface area (Å²) in [6.45, 7) is 9.57. The van der Waals surface area contributed by atoms with E-state index in [-0.39, 0.29) is 31.5 Å². The predicted octanol–water partition coefficient (Wildman–Crippen LogP) is 9.79. The molecule has 0 spiro atoms. The summed E-state index contributed by atoms with van der Waals surface area (Å²) >= 11 is 0. The van der Waals surface area contributed by atoms with E-state index in [2.05, 4.69) is 18.8 Å². The quantitative estimate of drug-likeness (QED) is 0.0907. The molecule has 0 saturated carbocycles. The fraction of sp³-hybridized carbons (Fsp3) is 0.655. The van der Waals surface area contributed by atoms with Gasteiger partial charge in [-0.2, -0.15) is 0 Å². The third kappa shape index (κ3) is 12.9. The summed E-state index contributed by atoms with van der Waals surface area (Å²) in [7, 11) is -7.85. The lowest BCUT2D eigenvalue weighted by Crippen LogP contribution is -2.05. The van der Waals surface area contributed by atoms with Gasteiger partial charge in [-0.1, -0.05) is 82.3 Å². The molecule has 8 heteroatoms. The normalized spacial score (nSPS) is 11.7. The van der Waals surface area contributed by atoms with Gasteiger partial charge in [0.05, 0.1) is 26.4 Å². The molecule has 1 rings (SSSR count). The minimum atomic E-state index is -3.93. The predicted molar refractivity (Wildman–Crippen MR) is 155 cm³/mol. The third-order valence-electron chi connectivity index (χ3n) is 5.58. The summed E-state index contributed by atoms with van der Waals surface area (Å²) in [5.41, 5.74) is 1.50. The second kappa shape index (κ2) is 19.8. The molecule has 6 nitrogen and oxygen atoms in total. The van der Waals surface area contributed by atoms with Gasteiger partial charge in [0, 0.05) is 12.0 Å². The Labute approximate surface area is 226 Å². The monoisotopic (exact) mass is 554 g/mol. The Hall–Kier alpha value is -1.18. The van der Waals surface area contributed by atoms with E-state index in [1.807, 2.05) is 24.3 Å². The molecule has 0 aliphatic carbocycles.